The Morgan fingerprint density at radius 2 is 1.60 bits per heavy atom. The van der Waals surface area contributed by atoms with E-state index < -0.39 is 17.9 Å². The lowest BCUT2D eigenvalue weighted by molar-refractivity contribution is 0.484. The highest BCUT2D eigenvalue weighted by molar-refractivity contribution is 7.92. The van der Waals surface area contributed by atoms with Crippen molar-refractivity contribution in [2.24, 2.45) is 0 Å². The Bertz CT molecular complexity index is 284. The smallest absolute Gasteiger partial charge is 0.152 e. The van der Waals surface area contributed by atoms with Crippen molar-refractivity contribution in [3.05, 3.63) is 0 Å². The summed E-state index contributed by atoms with van der Waals surface area (Å²) in [5, 5.41) is -0.0115. The van der Waals surface area contributed by atoms with Gasteiger partial charge in [-0.2, -0.15) is 0 Å². The fraction of sp³-hybridized carbons (Fsp3) is 1.00. The van der Waals surface area contributed by atoms with E-state index >= 15 is 0 Å². The van der Waals surface area contributed by atoms with Gasteiger partial charge in [0.25, 0.3) is 0 Å². The molecular formula is C11H24O2SSi. The van der Waals surface area contributed by atoms with Crippen LogP contribution in [-0.2, 0) is 9.84 Å². The lowest BCUT2D eigenvalue weighted by Crippen LogP contribution is -2.30. The van der Waals surface area contributed by atoms with Gasteiger partial charge < -0.3 is 0 Å². The quantitative estimate of drug-likeness (QED) is 0.717. The van der Waals surface area contributed by atoms with E-state index in [0.29, 0.717) is 5.75 Å². The third kappa shape index (κ3) is 4.68. The molecular weight excluding hydrogens is 224 g/mol. The van der Waals surface area contributed by atoms with Crippen molar-refractivity contribution in [2.45, 2.75) is 63.0 Å². The van der Waals surface area contributed by atoms with E-state index in [1.165, 1.54) is 6.42 Å². The van der Waals surface area contributed by atoms with Gasteiger partial charge in [-0.25, -0.2) is 8.42 Å². The molecule has 90 valence electrons. The molecule has 0 N–H and O–H groups in total. The highest BCUT2D eigenvalue weighted by Gasteiger charge is 2.28. The zero-order chi connectivity index (χ0) is 11.5. The first-order valence-corrected chi connectivity index (χ1v) is 11.5. The van der Waals surface area contributed by atoms with E-state index in [9.17, 15) is 8.42 Å². The Kier molecular flexibility index (Phi) is 4.41. The topological polar surface area (TPSA) is 34.1 Å². The van der Waals surface area contributed by atoms with E-state index in [4.69, 9.17) is 0 Å². The Labute approximate surface area is 95.4 Å². The molecule has 0 amide bonds. The first-order valence-electron chi connectivity index (χ1n) is 6.03. The van der Waals surface area contributed by atoms with Crippen LogP contribution in [0.3, 0.4) is 0 Å². The average molecular weight is 248 g/mol. The average Bonchev–Trinajstić information content (AvgIpc) is 2.16. The van der Waals surface area contributed by atoms with E-state index in [1.807, 2.05) is 0 Å². The van der Waals surface area contributed by atoms with Gasteiger partial charge in [-0.1, -0.05) is 38.9 Å². The van der Waals surface area contributed by atoms with Gasteiger partial charge in [0.15, 0.2) is 9.84 Å². The van der Waals surface area contributed by atoms with E-state index in [0.717, 1.165) is 31.7 Å². The fourth-order valence-electron chi connectivity index (χ4n) is 2.04. The maximum Gasteiger partial charge on any atom is 0.152 e. The Hall–Kier alpha value is 0.167. The molecule has 15 heavy (non-hydrogen) atoms. The van der Waals surface area contributed by atoms with Gasteiger partial charge in [-0.15, -0.1) is 0 Å². The van der Waals surface area contributed by atoms with E-state index in [-0.39, 0.29) is 5.25 Å². The summed E-state index contributed by atoms with van der Waals surface area (Å²) in [6, 6.07) is 0.922. The SMILES string of the molecule is C[Si](C)(C)CCS(=O)(=O)C1CCCCC1. The zero-order valence-corrected chi connectivity index (χ0v) is 12.1. The van der Waals surface area contributed by atoms with Crippen LogP contribution in [0.4, 0.5) is 0 Å². The molecule has 4 heteroatoms. The molecule has 0 atom stereocenters. The minimum atomic E-state index is -2.78. The normalized spacial score (nSPS) is 20.5. The molecule has 0 heterocycles. The van der Waals surface area contributed by atoms with Gasteiger partial charge in [0.05, 0.1) is 5.25 Å². The van der Waals surface area contributed by atoms with Crippen LogP contribution in [-0.4, -0.2) is 27.5 Å². The first-order chi connectivity index (χ1) is 6.81. The van der Waals surface area contributed by atoms with Gasteiger partial charge in [0.1, 0.15) is 0 Å². The van der Waals surface area contributed by atoms with E-state index in [1.54, 1.807) is 0 Å². The van der Waals surface area contributed by atoms with Crippen LogP contribution in [0.2, 0.25) is 25.7 Å². The molecule has 1 rings (SSSR count). The number of rotatable bonds is 4. The summed E-state index contributed by atoms with van der Waals surface area (Å²) in [6.07, 6.45) is 5.26. The van der Waals surface area contributed by atoms with Gasteiger partial charge in [0, 0.05) is 13.8 Å². The molecule has 0 radical (unpaired) electrons. The Balaban J connectivity index is 2.51. The molecule has 0 aliphatic heterocycles. The lowest BCUT2D eigenvalue weighted by Gasteiger charge is -2.23. The van der Waals surface area contributed by atoms with Crippen molar-refractivity contribution >= 4 is 17.9 Å². The van der Waals surface area contributed by atoms with Crippen LogP contribution < -0.4 is 0 Å². The molecule has 0 aromatic carbocycles. The third-order valence-electron chi connectivity index (χ3n) is 3.20. The molecule has 1 aliphatic rings. The Morgan fingerprint density at radius 3 is 2.07 bits per heavy atom. The van der Waals surface area contributed by atoms with Crippen molar-refractivity contribution in [2.75, 3.05) is 5.75 Å². The predicted octanol–water partition coefficient (Wildman–Crippen LogP) is 3.07. The lowest BCUT2D eigenvalue weighted by atomic mass is 10.0. The fourth-order valence-corrected chi connectivity index (χ4v) is 7.01. The third-order valence-corrected chi connectivity index (χ3v) is 7.57. The van der Waals surface area contributed by atoms with E-state index in [2.05, 4.69) is 19.6 Å². The molecule has 0 saturated heterocycles. The molecule has 2 nitrogen and oxygen atoms in total. The zero-order valence-electron chi connectivity index (χ0n) is 10.3. The summed E-state index contributed by atoms with van der Waals surface area (Å²) in [5.74, 6) is 0.438. The van der Waals surface area contributed by atoms with Gasteiger partial charge in [-0.3, -0.25) is 0 Å². The second kappa shape index (κ2) is 5.00. The second-order valence-electron chi connectivity index (χ2n) is 5.94. The highest BCUT2D eigenvalue weighted by atomic mass is 32.2. The minimum Gasteiger partial charge on any atom is -0.229 e. The summed E-state index contributed by atoms with van der Waals surface area (Å²) >= 11 is 0. The molecule has 0 aromatic rings. The standard InChI is InChI=1S/C11H24O2SSi/c1-15(2,3)10-9-14(12,13)11-7-5-4-6-8-11/h11H,4-10H2,1-3H3. The number of hydrogen-bond donors (Lipinski definition) is 0. The maximum atomic E-state index is 12.1. The van der Waals surface area contributed by atoms with Crippen LogP contribution >= 0.6 is 0 Å². The predicted molar refractivity (Wildman–Crippen MR) is 68.8 cm³/mol. The van der Waals surface area contributed by atoms with Crippen molar-refractivity contribution in [1.29, 1.82) is 0 Å². The van der Waals surface area contributed by atoms with Gasteiger partial charge in [-0.05, 0) is 18.9 Å². The second-order valence-corrected chi connectivity index (χ2v) is 14.0. The Morgan fingerprint density at radius 1 is 1.07 bits per heavy atom. The maximum absolute atomic E-state index is 12.1. The summed E-state index contributed by atoms with van der Waals surface area (Å²) in [5.41, 5.74) is 0. The number of hydrogen-bond acceptors (Lipinski definition) is 2. The number of sulfone groups is 1. The first kappa shape index (κ1) is 13.2. The highest BCUT2D eigenvalue weighted by Crippen LogP contribution is 2.25. The molecule has 0 spiro atoms. The van der Waals surface area contributed by atoms with Crippen molar-refractivity contribution in [1.82, 2.24) is 0 Å². The molecule has 0 aromatic heterocycles. The van der Waals surface area contributed by atoms with Crippen LogP contribution in [0.1, 0.15) is 32.1 Å². The molecule has 0 bridgehead atoms. The molecule has 1 fully saturated rings. The molecule has 1 saturated carbocycles. The molecule has 1 aliphatic carbocycles. The van der Waals surface area contributed by atoms with Crippen molar-refractivity contribution in [3.63, 3.8) is 0 Å². The molecule has 0 unspecified atom stereocenters. The summed E-state index contributed by atoms with van der Waals surface area (Å²) in [4.78, 5) is 0. The van der Waals surface area contributed by atoms with Gasteiger partial charge >= 0.3 is 0 Å². The summed E-state index contributed by atoms with van der Waals surface area (Å²) < 4.78 is 24.1. The monoisotopic (exact) mass is 248 g/mol. The van der Waals surface area contributed by atoms with Gasteiger partial charge in [0.2, 0.25) is 0 Å². The largest absolute Gasteiger partial charge is 0.229 e. The minimum absolute atomic E-state index is 0.0115. The van der Waals surface area contributed by atoms with Crippen molar-refractivity contribution in [3.8, 4) is 0 Å². The van der Waals surface area contributed by atoms with Crippen LogP contribution in [0, 0.1) is 0 Å². The van der Waals surface area contributed by atoms with Crippen LogP contribution in [0.15, 0.2) is 0 Å². The summed E-state index contributed by atoms with van der Waals surface area (Å²) in [7, 11) is -3.99. The summed E-state index contributed by atoms with van der Waals surface area (Å²) in [6.45, 7) is 6.72. The van der Waals surface area contributed by atoms with Crippen LogP contribution in [0.25, 0.3) is 0 Å². The van der Waals surface area contributed by atoms with Crippen molar-refractivity contribution < 1.29 is 8.42 Å². The van der Waals surface area contributed by atoms with Crippen LogP contribution in [0.5, 0.6) is 0 Å².